The van der Waals surface area contributed by atoms with Crippen molar-refractivity contribution in [1.29, 1.82) is 0 Å². The lowest BCUT2D eigenvalue weighted by Gasteiger charge is -2.60. The van der Waals surface area contributed by atoms with E-state index in [-0.39, 0.29) is 23.0 Å². The molecular formula is C28H42O3. The molecule has 3 N–H and O–H groups in total. The van der Waals surface area contributed by atoms with Crippen LogP contribution in [0.1, 0.15) is 95.1 Å². The number of aliphatic hydroxyl groups is 2. The quantitative estimate of drug-likeness (QED) is 0.347. The topological polar surface area (TPSA) is 60.7 Å². The smallest absolute Gasteiger partial charge is 0.115 e. The third-order valence-corrected chi connectivity index (χ3v) is 9.30. The van der Waals surface area contributed by atoms with Gasteiger partial charge in [0.15, 0.2) is 0 Å². The zero-order valence-corrected chi connectivity index (χ0v) is 19.5. The van der Waals surface area contributed by atoms with Gasteiger partial charge in [0, 0.05) is 0 Å². The number of aromatic hydroxyl groups is 1. The van der Waals surface area contributed by atoms with Gasteiger partial charge in [0.05, 0.1) is 12.2 Å². The number of phenolic OH excluding ortho intramolecular Hbond substituents is 1. The van der Waals surface area contributed by atoms with Gasteiger partial charge < -0.3 is 15.3 Å². The van der Waals surface area contributed by atoms with Crippen LogP contribution < -0.4 is 0 Å². The molecule has 7 atom stereocenters. The molecule has 2 fully saturated rings. The molecule has 0 amide bonds. The van der Waals surface area contributed by atoms with Gasteiger partial charge in [-0.2, -0.15) is 0 Å². The predicted octanol–water partition coefficient (Wildman–Crippen LogP) is 6.11. The van der Waals surface area contributed by atoms with Crippen molar-refractivity contribution in [3.05, 3.63) is 42.0 Å². The first-order valence-corrected chi connectivity index (χ1v) is 12.6. The summed E-state index contributed by atoms with van der Waals surface area (Å²) < 4.78 is 0. The fraction of sp³-hybridized carbons (Fsp3) is 0.714. The van der Waals surface area contributed by atoms with Gasteiger partial charge in [0.2, 0.25) is 0 Å². The Balaban J connectivity index is 1.61. The third-order valence-electron chi connectivity index (χ3n) is 9.30. The molecule has 0 saturated heterocycles. The second kappa shape index (κ2) is 8.90. The van der Waals surface area contributed by atoms with Crippen molar-refractivity contribution < 1.29 is 15.3 Å². The molecule has 0 spiro atoms. The van der Waals surface area contributed by atoms with Gasteiger partial charge in [-0.25, -0.2) is 0 Å². The average Bonchev–Trinajstić information content (AvgIpc) is 3.04. The van der Waals surface area contributed by atoms with Crippen molar-refractivity contribution in [3.63, 3.8) is 0 Å². The molecule has 0 aliphatic heterocycles. The lowest BCUT2D eigenvalue weighted by atomic mass is 9.44. The lowest BCUT2D eigenvalue weighted by Crippen LogP contribution is -2.54. The normalized spacial score (nSPS) is 37.5. The maximum atomic E-state index is 11.0. The van der Waals surface area contributed by atoms with Crippen LogP contribution in [0.15, 0.2) is 30.9 Å². The number of rotatable bonds is 8. The molecular weight excluding hydrogens is 384 g/mol. The molecule has 3 nitrogen and oxygen atoms in total. The Hall–Kier alpha value is -1.32. The number of aryl methyl sites for hydroxylation is 1. The molecule has 4 rings (SSSR count). The third kappa shape index (κ3) is 3.97. The monoisotopic (exact) mass is 426 g/mol. The molecule has 0 bridgehead atoms. The molecule has 172 valence electrons. The average molecular weight is 427 g/mol. The fourth-order valence-electron chi connectivity index (χ4n) is 7.89. The number of aliphatic hydroxyl groups excluding tert-OH is 2. The molecule has 1 aromatic carbocycles. The van der Waals surface area contributed by atoms with Crippen molar-refractivity contribution >= 4 is 0 Å². The first kappa shape index (κ1) is 22.9. The first-order valence-electron chi connectivity index (χ1n) is 12.6. The SMILES string of the molecule is C=CC12CCc3cc(O)ccc3[C@H]1[C@@H](CCCCCCC(C)O)C[C@]1(C)[C@@H](O)CC[C@@H]21. The molecule has 1 aromatic rings. The number of unbranched alkanes of at least 4 members (excludes halogenated alkanes) is 3. The van der Waals surface area contributed by atoms with Gasteiger partial charge in [-0.1, -0.05) is 44.7 Å². The highest BCUT2D eigenvalue weighted by Crippen LogP contribution is 2.69. The molecule has 31 heavy (non-hydrogen) atoms. The molecule has 0 radical (unpaired) electrons. The Morgan fingerprint density at radius 3 is 2.71 bits per heavy atom. The van der Waals surface area contributed by atoms with Crippen molar-refractivity contribution in [2.45, 2.75) is 103 Å². The summed E-state index contributed by atoms with van der Waals surface area (Å²) in [6.07, 6.45) is 13.8. The van der Waals surface area contributed by atoms with Crippen LogP contribution in [0.4, 0.5) is 0 Å². The van der Waals surface area contributed by atoms with Crippen LogP contribution in [-0.2, 0) is 6.42 Å². The Bertz CT molecular complexity index is 786. The highest BCUT2D eigenvalue weighted by atomic mass is 16.3. The lowest BCUT2D eigenvalue weighted by molar-refractivity contribution is -0.0812. The summed E-state index contributed by atoms with van der Waals surface area (Å²) in [5.41, 5.74) is 2.76. The van der Waals surface area contributed by atoms with E-state index in [4.69, 9.17) is 0 Å². The second-order valence-electron chi connectivity index (χ2n) is 11.1. The van der Waals surface area contributed by atoms with E-state index < -0.39 is 0 Å². The Morgan fingerprint density at radius 2 is 1.97 bits per heavy atom. The van der Waals surface area contributed by atoms with Crippen LogP contribution in [0.2, 0.25) is 0 Å². The summed E-state index contributed by atoms with van der Waals surface area (Å²) in [5.74, 6) is 1.83. The number of phenols is 1. The molecule has 0 aromatic heterocycles. The van der Waals surface area contributed by atoms with Gasteiger partial charge in [-0.15, -0.1) is 6.58 Å². The number of allylic oxidation sites excluding steroid dienone is 1. The minimum Gasteiger partial charge on any atom is -0.508 e. The zero-order valence-electron chi connectivity index (χ0n) is 19.5. The summed E-state index contributed by atoms with van der Waals surface area (Å²) in [6, 6.07) is 6.02. The van der Waals surface area contributed by atoms with Gasteiger partial charge in [0.1, 0.15) is 5.75 Å². The highest BCUT2D eigenvalue weighted by Gasteiger charge is 2.63. The number of fused-ring (bicyclic) bond motifs is 5. The molecule has 3 heteroatoms. The van der Waals surface area contributed by atoms with Crippen LogP contribution in [0.3, 0.4) is 0 Å². The molecule has 2 saturated carbocycles. The highest BCUT2D eigenvalue weighted by molar-refractivity contribution is 5.43. The Kier molecular flexibility index (Phi) is 6.57. The summed E-state index contributed by atoms with van der Waals surface area (Å²) >= 11 is 0. The zero-order chi connectivity index (χ0) is 22.2. The standard InChI is InChI=1S/C28H42O3/c1-4-28-16-15-20-17-22(30)11-12-23(20)26(28)21(10-8-6-5-7-9-19(2)29)18-27(3)24(28)13-14-25(27)31/h4,11-12,17,19,21,24-26,29-31H,1,5-10,13-16,18H2,2-3H3/t19?,21-,24+,25-,26+,27-,28?/m0/s1. The van der Waals surface area contributed by atoms with E-state index in [2.05, 4.69) is 25.6 Å². The van der Waals surface area contributed by atoms with Crippen molar-refractivity contribution in [2.24, 2.45) is 22.7 Å². The van der Waals surface area contributed by atoms with Crippen molar-refractivity contribution in [2.75, 3.05) is 0 Å². The van der Waals surface area contributed by atoms with Crippen LogP contribution in [-0.4, -0.2) is 27.5 Å². The maximum absolute atomic E-state index is 11.0. The molecule has 3 aliphatic carbocycles. The van der Waals surface area contributed by atoms with E-state index in [1.165, 1.54) is 36.8 Å². The van der Waals surface area contributed by atoms with E-state index in [1.807, 2.05) is 19.1 Å². The van der Waals surface area contributed by atoms with E-state index >= 15 is 0 Å². The van der Waals surface area contributed by atoms with Crippen LogP contribution in [0.25, 0.3) is 0 Å². The van der Waals surface area contributed by atoms with Crippen molar-refractivity contribution in [1.82, 2.24) is 0 Å². The van der Waals surface area contributed by atoms with Crippen LogP contribution in [0.5, 0.6) is 5.75 Å². The minimum atomic E-state index is -0.204. The summed E-state index contributed by atoms with van der Waals surface area (Å²) in [4.78, 5) is 0. The summed E-state index contributed by atoms with van der Waals surface area (Å²) in [6.45, 7) is 8.60. The van der Waals surface area contributed by atoms with E-state index in [9.17, 15) is 15.3 Å². The second-order valence-corrected chi connectivity index (χ2v) is 11.1. The maximum Gasteiger partial charge on any atom is 0.115 e. The number of hydrogen-bond acceptors (Lipinski definition) is 3. The van der Waals surface area contributed by atoms with E-state index in [0.717, 1.165) is 44.9 Å². The fourth-order valence-corrected chi connectivity index (χ4v) is 7.89. The van der Waals surface area contributed by atoms with Gasteiger partial charge in [0.25, 0.3) is 0 Å². The van der Waals surface area contributed by atoms with Gasteiger partial charge in [-0.05, 0) is 104 Å². The van der Waals surface area contributed by atoms with Gasteiger partial charge >= 0.3 is 0 Å². The Labute approximate surface area is 188 Å². The number of hydrogen-bond donors (Lipinski definition) is 3. The summed E-state index contributed by atoms with van der Waals surface area (Å²) in [7, 11) is 0. The molecule has 2 unspecified atom stereocenters. The largest absolute Gasteiger partial charge is 0.508 e. The van der Waals surface area contributed by atoms with E-state index in [0.29, 0.717) is 23.5 Å². The molecule has 3 aliphatic rings. The molecule has 0 heterocycles. The van der Waals surface area contributed by atoms with Crippen LogP contribution >= 0.6 is 0 Å². The summed E-state index contributed by atoms with van der Waals surface area (Å²) in [5, 5.41) is 30.6. The first-order chi connectivity index (χ1) is 14.8. The Morgan fingerprint density at radius 1 is 1.19 bits per heavy atom. The van der Waals surface area contributed by atoms with Crippen molar-refractivity contribution in [3.8, 4) is 5.75 Å². The minimum absolute atomic E-state index is 0.0178. The van der Waals surface area contributed by atoms with Gasteiger partial charge in [-0.3, -0.25) is 0 Å². The van der Waals surface area contributed by atoms with E-state index in [1.54, 1.807) is 0 Å². The number of benzene rings is 1. The van der Waals surface area contributed by atoms with Crippen LogP contribution in [0, 0.1) is 22.7 Å². The predicted molar refractivity (Wildman–Crippen MR) is 126 cm³/mol.